The van der Waals surface area contributed by atoms with E-state index in [1.165, 1.54) is 18.2 Å². The quantitative estimate of drug-likeness (QED) is 0.537. The van der Waals surface area contributed by atoms with E-state index in [1.54, 1.807) is 29.0 Å². The van der Waals surface area contributed by atoms with Gasteiger partial charge in [-0.25, -0.2) is 4.39 Å². The molecule has 0 bridgehead atoms. The van der Waals surface area contributed by atoms with Gasteiger partial charge in [0.2, 0.25) is 0 Å². The van der Waals surface area contributed by atoms with Crippen LogP contribution in [0.3, 0.4) is 0 Å². The van der Waals surface area contributed by atoms with E-state index in [2.05, 4.69) is 0 Å². The van der Waals surface area contributed by atoms with Crippen LogP contribution in [0, 0.1) is 15.9 Å². The number of halogens is 1. The van der Waals surface area contributed by atoms with Gasteiger partial charge in [0.15, 0.2) is 0 Å². The molecular weight excluding hydrogens is 259 g/mol. The van der Waals surface area contributed by atoms with Crippen LogP contribution < -0.4 is 0 Å². The van der Waals surface area contributed by atoms with Crippen LogP contribution in [0.25, 0.3) is 10.9 Å². The minimum absolute atomic E-state index is 0.0592. The Balaban J connectivity index is 2.10. The zero-order chi connectivity index (χ0) is 14.1. The molecule has 5 heteroatoms. The summed E-state index contributed by atoms with van der Waals surface area (Å²) in [5.74, 6) is -0.312. The number of benzene rings is 2. The predicted molar refractivity (Wildman–Crippen MR) is 74.1 cm³/mol. The van der Waals surface area contributed by atoms with E-state index in [-0.39, 0.29) is 11.5 Å². The number of nitro groups is 1. The molecule has 0 atom stereocenters. The summed E-state index contributed by atoms with van der Waals surface area (Å²) in [6, 6.07) is 13.0. The Labute approximate surface area is 114 Å². The lowest BCUT2D eigenvalue weighted by molar-refractivity contribution is -0.383. The summed E-state index contributed by atoms with van der Waals surface area (Å²) in [4.78, 5) is 10.7. The van der Waals surface area contributed by atoms with Crippen molar-refractivity contribution < 1.29 is 9.31 Å². The molecule has 2 aromatic carbocycles. The summed E-state index contributed by atoms with van der Waals surface area (Å²) in [5, 5.41) is 11.9. The Bertz CT molecular complexity index is 795. The number of rotatable bonds is 3. The van der Waals surface area contributed by atoms with Crippen molar-refractivity contribution in [2.75, 3.05) is 0 Å². The van der Waals surface area contributed by atoms with Crippen LogP contribution in [0.5, 0.6) is 0 Å². The first-order chi connectivity index (χ1) is 9.65. The Morgan fingerprint density at radius 3 is 2.70 bits per heavy atom. The van der Waals surface area contributed by atoms with Crippen molar-refractivity contribution in [2.24, 2.45) is 0 Å². The average Bonchev–Trinajstić information content (AvgIpc) is 2.82. The standard InChI is InChI=1S/C15H11FN2O2/c16-13-5-1-3-11(9-13)10-17-8-7-12-4-2-6-14(15(12)17)18(19)20/h1-9H,10H2. The second-order valence-electron chi connectivity index (χ2n) is 4.55. The molecule has 4 nitrogen and oxygen atoms in total. The highest BCUT2D eigenvalue weighted by Gasteiger charge is 2.15. The Morgan fingerprint density at radius 2 is 1.95 bits per heavy atom. The maximum absolute atomic E-state index is 13.2. The van der Waals surface area contributed by atoms with Gasteiger partial charge < -0.3 is 4.57 Å². The molecule has 0 fully saturated rings. The summed E-state index contributed by atoms with van der Waals surface area (Å²) in [6.45, 7) is 0.395. The summed E-state index contributed by atoms with van der Waals surface area (Å²) in [7, 11) is 0. The third-order valence-electron chi connectivity index (χ3n) is 3.21. The second kappa shape index (κ2) is 4.77. The molecule has 0 unspecified atom stereocenters. The van der Waals surface area contributed by atoms with E-state index in [9.17, 15) is 14.5 Å². The van der Waals surface area contributed by atoms with Crippen molar-refractivity contribution in [3.8, 4) is 0 Å². The maximum atomic E-state index is 13.2. The van der Waals surface area contributed by atoms with Crippen molar-refractivity contribution in [2.45, 2.75) is 6.54 Å². The molecule has 0 aliphatic rings. The topological polar surface area (TPSA) is 48.1 Å². The van der Waals surface area contributed by atoms with Gasteiger partial charge in [0.1, 0.15) is 11.3 Å². The van der Waals surface area contributed by atoms with Gasteiger partial charge in [-0.2, -0.15) is 0 Å². The van der Waals surface area contributed by atoms with Crippen LogP contribution in [0.15, 0.2) is 54.7 Å². The molecule has 3 rings (SSSR count). The summed E-state index contributed by atoms with van der Waals surface area (Å²) in [5.41, 5.74) is 1.38. The van der Waals surface area contributed by atoms with Crippen LogP contribution in [0.1, 0.15) is 5.56 Å². The Kier molecular flexibility index (Phi) is 2.95. The third-order valence-corrected chi connectivity index (χ3v) is 3.21. The molecule has 1 aromatic heterocycles. The Hall–Kier alpha value is -2.69. The van der Waals surface area contributed by atoms with Crippen LogP contribution in [0.2, 0.25) is 0 Å². The van der Waals surface area contributed by atoms with Gasteiger partial charge in [-0.3, -0.25) is 10.1 Å². The second-order valence-corrected chi connectivity index (χ2v) is 4.55. The minimum atomic E-state index is -0.398. The third kappa shape index (κ3) is 2.14. The highest BCUT2D eigenvalue weighted by molar-refractivity contribution is 5.88. The highest BCUT2D eigenvalue weighted by Crippen LogP contribution is 2.27. The monoisotopic (exact) mass is 270 g/mol. The molecule has 0 amide bonds. The molecule has 3 aromatic rings. The molecule has 20 heavy (non-hydrogen) atoms. The number of para-hydroxylation sites is 1. The molecule has 0 spiro atoms. The molecule has 0 radical (unpaired) electrons. The minimum Gasteiger partial charge on any atom is -0.337 e. The molecule has 100 valence electrons. The van der Waals surface area contributed by atoms with Gasteiger partial charge in [-0.1, -0.05) is 24.3 Å². The number of fused-ring (bicyclic) bond motifs is 1. The lowest BCUT2D eigenvalue weighted by Crippen LogP contribution is -2.00. The van der Waals surface area contributed by atoms with Gasteiger partial charge in [0.25, 0.3) is 5.69 Å². The number of hydrogen-bond donors (Lipinski definition) is 0. The predicted octanol–water partition coefficient (Wildman–Crippen LogP) is 3.74. The number of hydrogen-bond acceptors (Lipinski definition) is 2. The van der Waals surface area contributed by atoms with E-state index in [1.807, 2.05) is 12.1 Å². The number of nitro benzene ring substituents is 1. The maximum Gasteiger partial charge on any atom is 0.293 e. The number of non-ortho nitro benzene ring substituents is 1. The number of aromatic nitrogens is 1. The van der Waals surface area contributed by atoms with E-state index >= 15 is 0 Å². The average molecular weight is 270 g/mol. The van der Waals surface area contributed by atoms with Gasteiger partial charge in [0, 0.05) is 24.2 Å². The zero-order valence-corrected chi connectivity index (χ0v) is 10.5. The van der Waals surface area contributed by atoms with Crippen molar-refractivity contribution in [3.05, 3.63) is 76.2 Å². The van der Waals surface area contributed by atoms with Gasteiger partial charge >= 0.3 is 0 Å². The van der Waals surface area contributed by atoms with E-state index in [0.29, 0.717) is 12.1 Å². The smallest absolute Gasteiger partial charge is 0.293 e. The van der Waals surface area contributed by atoms with E-state index < -0.39 is 4.92 Å². The highest BCUT2D eigenvalue weighted by atomic mass is 19.1. The van der Waals surface area contributed by atoms with Crippen molar-refractivity contribution in [3.63, 3.8) is 0 Å². The molecular formula is C15H11FN2O2. The molecule has 0 saturated carbocycles. The number of nitrogens with zero attached hydrogens (tertiary/aromatic N) is 2. The molecule has 0 aliphatic heterocycles. The van der Waals surface area contributed by atoms with Crippen molar-refractivity contribution in [1.29, 1.82) is 0 Å². The van der Waals surface area contributed by atoms with E-state index in [0.717, 1.165) is 10.9 Å². The van der Waals surface area contributed by atoms with Crippen LogP contribution in [0.4, 0.5) is 10.1 Å². The van der Waals surface area contributed by atoms with Gasteiger partial charge in [-0.15, -0.1) is 0 Å². The van der Waals surface area contributed by atoms with Crippen LogP contribution in [-0.4, -0.2) is 9.49 Å². The molecule has 1 heterocycles. The van der Waals surface area contributed by atoms with Crippen molar-refractivity contribution >= 4 is 16.6 Å². The normalized spacial score (nSPS) is 10.8. The van der Waals surface area contributed by atoms with E-state index in [4.69, 9.17) is 0 Å². The summed E-state index contributed by atoms with van der Waals surface area (Å²) >= 11 is 0. The fraction of sp³-hybridized carbons (Fsp3) is 0.0667. The first-order valence-electron chi connectivity index (χ1n) is 6.12. The first kappa shape index (κ1) is 12.3. The first-order valence-corrected chi connectivity index (χ1v) is 6.12. The summed E-state index contributed by atoms with van der Waals surface area (Å²) < 4.78 is 15.0. The zero-order valence-electron chi connectivity index (χ0n) is 10.5. The SMILES string of the molecule is O=[N+]([O-])c1cccc2ccn(Cc3cccc(F)c3)c12. The van der Waals surface area contributed by atoms with Crippen LogP contribution >= 0.6 is 0 Å². The van der Waals surface area contributed by atoms with Crippen LogP contribution in [-0.2, 0) is 6.54 Å². The van der Waals surface area contributed by atoms with Crippen molar-refractivity contribution in [1.82, 2.24) is 4.57 Å². The van der Waals surface area contributed by atoms with Gasteiger partial charge in [0.05, 0.1) is 4.92 Å². The molecule has 0 aliphatic carbocycles. The molecule has 0 saturated heterocycles. The lowest BCUT2D eigenvalue weighted by atomic mass is 10.2. The summed E-state index contributed by atoms with van der Waals surface area (Å²) in [6.07, 6.45) is 1.78. The Morgan fingerprint density at radius 1 is 1.15 bits per heavy atom. The fourth-order valence-electron chi connectivity index (χ4n) is 2.35. The fourth-order valence-corrected chi connectivity index (χ4v) is 2.35. The largest absolute Gasteiger partial charge is 0.337 e. The lowest BCUT2D eigenvalue weighted by Gasteiger charge is -2.06. The molecule has 0 N–H and O–H groups in total. The van der Waals surface area contributed by atoms with Gasteiger partial charge in [-0.05, 0) is 23.8 Å².